The minimum atomic E-state index is -1.68. The predicted octanol–water partition coefficient (Wildman–Crippen LogP) is 1.81. The van der Waals surface area contributed by atoms with Crippen LogP contribution in [0.3, 0.4) is 0 Å². The molecule has 204 valence electrons. The van der Waals surface area contributed by atoms with Gasteiger partial charge in [0.1, 0.15) is 29.6 Å². The predicted molar refractivity (Wildman–Crippen MR) is 130 cm³/mol. The molecule has 0 aliphatic carbocycles. The van der Waals surface area contributed by atoms with E-state index in [9.17, 15) is 18.4 Å². The Morgan fingerprint density at radius 2 is 2.10 bits per heavy atom. The lowest BCUT2D eigenvalue weighted by molar-refractivity contribution is -0.133. The molecule has 2 N–H and O–H groups in total. The Bertz CT molecular complexity index is 1560. The number of nitrogens with one attached hydrogen (secondary N) is 1. The Balaban J connectivity index is 1.51. The molecular weight excluding hydrogens is 518 g/mol. The fraction of sp³-hybridized carbons (Fsp3) is 0.320. The highest BCUT2D eigenvalue weighted by Crippen LogP contribution is 2.39. The van der Waals surface area contributed by atoms with Gasteiger partial charge in [-0.25, -0.2) is 8.78 Å². The maximum atomic E-state index is 14.5. The number of furan rings is 1. The fourth-order valence-electron chi connectivity index (χ4n) is 4.33. The van der Waals surface area contributed by atoms with Crippen LogP contribution in [0, 0.1) is 11.6 Å². The summed E-state index contributed by atoms with van der Waals surface area (Å²) < 4.78 is 45.3. The van der Waals surface area contributed by atoms with Gasteiger partial charge in [-0.05, 0) is 42.5 Å². The second kappa shape index (κ2) is 10.3. The number of halogens is 2. The first kappa shape index (κ1) is 26.0. The number of fused-ring (bicyclic) bond motifs is 3. The largest absolute Gasteiger partial charge is 0.496 e. The van der Waals surface area contributed by atoms with Crippen LogP contribution in [-0.2, 0) is 24.4 Å². The third-order valence-electron chi connectivity index (χ3n) is 6.44. The van der Waals surface area contributed by atoms with Gasteiger partial charge >= 0.3 is 0 Å². The topological polar surface area (TPSA) is 145 Å². The number of ether oxygens (including phenoxy) is 2. The highest BCUT2D eigenvalue weighted by Gasteiger charge is 2.48. The van der Waals surface area contributed by atoms with Gasteiger partial charge in [0.05, 0.1) is 32.2 Å². The molecular formula is C25H24F2N6O6. The number of hydrogen-bond donors (Lipinski definition) is 2. The summed E-state index contributed by atoms with van der Waals surface area (Å²) >= 11 is 0. The van der Waals surface area contributed by atoms with Gasteiger partial charge in [0.15, 0.2) is 17.1 Å². The summed E-state index contributed by atoms with van der Waals surface area (Å²) in [6, 6.07) is 8.00. The number of aromatic nitrogens is 4. The smallest absolute Gasteiger partial charge is 0.294 e. The molecule has 2 amide bonds. The van der Waals surface area contributed by atoms with Crippen molar-refractivity contribution < 1.29 is 37.4 Å². The molecule has 3 heterocycles. The molecule has 0 unspecified atom stereocenters. The Morgan fingerprint density at radius 1 is 1.28 bits per heavy atom. The van der Waals surface area contributed by atoms with Crippen LogP contribution in [0.1, 0.15) is 28.9 Å². The Labute approximate surface area is 220 Å². The van der Waals surface area contributed by atoms with Crippen LogP contribution in [0.25, 0.3) is 11.0 Å². The quantitative estimate of drug-likeness (QED) is 0.341. The summed E-state index contributed by atoms with van der Waals surface area (Å²) in [5, 5.41) is 23.9. The average molecular weight is 542 g/mol. The normalized spacial score (nSPS) is 17.1. The van der Waals surface area contributed by atoms with Crippen LogP contribution in [0.15, 0.2) is 40.8 Å². The number of carbonyl (C=O) groups is 2. The second-order valence-corrected chi connectivity index (χ2v) is 8.98. The van der Waals surface area contributed by atoms with E-state index in [1.54, 1.807) is 6.07 Å². The van der Waals surface area contributed by atoms with Crippen molar-refractivity contribution in [3.8, 4) is 11.5 Å². The van der Waals surface area contributed by atoms with Crippen molar-refractivity contribution in [3.63, 3.8) is 0 Å². The molecule has 1 aliphatic heterocycles. The Kier molecular flexibility index (Phi) is 6.87. The van der Waals surface area contributed by atoms with Gasteiger partial charge in [0.25, 0.3) is 5.91 Å². The van der Waals surface area contributed by atoms with E-state index >= 15 is 0 Å². The Hall–Kier alpha value is -4.59. The van der Waals surface area contributed by atoms with Crippen LogP contribution in [-0.4, -0.2) is 67.9 Å². The summed E-state index contributed by atoms with van der Waals surface area (Å²) in [5.41, 5.74) is -1.34. The number of aliphatic hydroxyl groups is 1. The zero-order valence-electron chi connectivity index (χ0n) is 21.0. The van der Waals surface area contributed by atoms with Crippen molar-refractivity contribution in [2.75, 3.05) is 20.3 Å². The highest BCUT2D eigenvalue weighted by molar-refractivity contribution is 6.04. The van der Waals surface area contributed by atoms with Gasteiger partial charge in [0.2, 0.25) is 11.7 Å². The van der Waals surface area contributed by atoms with Crippen molar-refractivity contribution in [1.82, 2.24) is 30.4 Å². The molecule has 2 aromatic carbocycles. The highest BCUT2D eigenvalue weighted by atomic mass is 19.1. The van der Waals surface area contributed by atoms with Gasteiger partial charge in [-0.1, -0.05) is 6.07 Å². The van der Waals surface area contributed by atoms with E-state index in [0.717, 1.165) is 9.70 Å². The van der Waals surface area contributed by atoms with Gasteiger partial charge in [0, 0.05) is 12.1 Å². The van der Waals surface area contributed by atoms with E-state index in [0.29, 0.717) is 0 Å². The maximum absolute atomic E-state index is 14.5. The van der Waals surface area contributed by atoms with Gasteiger partial charge in [-0.15, -0.1) is 10.2 Å². The van der Waals surface area contributed by atoms with E-state index in [1.165, 1.54) is 44.4 Å². The number of rotatable bonds is 8. The number of nitrogens with zero attached hydrogens (tertiary/aromatic N) is 5. The van der Waals surface area contributed by atoms with Gasteiger partial charge in [-0.3, -0.25) is 9.59 Å². The summed E-state index contributed by atoms with van der Waals surface area (Å²) in [4.78, 5) is 29.8. The van der Waals surface area contributed by atoms with Crippen molar-refractivity contribution in [2.45, 2.75) is 32.1 Å². The fourth-order valence-corrected chi connectivity index (χ4v) is 4.33. The number of carbonyl (C=O) groups excluding carboxylic acids is 2. The maximum Gasteiger partial charge on any atom is 0.294 e. The van der Waals surface area contributed by atoms with E-state index < -0.39 is 29.0 Å². The number of hydrogen-bond acceptors (Lipinski definition) is 9. The van der Waals surface area contributed by atoms with Crippen molar-refractivity contribution in [1.29, 1.82) is 0 Å². The number of aliphatic hydroxyl groups excluding tert-OH is 1. The molecule has 0 radical (unpaired) electrons. The third kappa shape index (κ3) is 4.74. The molecule has 5 rings (SSSR count). The zero-order valence-corrected chi connectivity index (χ0v) is 21.0. The monoisotopic (exact) mass is 542 g/mol. The molecule has 0 fully saturated rings. The standard InChI is InChI=1S/C25H24F2N6O6/c1-25(24(36)28-11-16-17(27)4-3-5-18(16)37-2)13-38-21-15-10-14(26)6-7-19(15)39-22(21)23(35)32(25)12-20-29-31-33(30-20)8-9-34/h3-7,10,34H,8-9,11-13H2,1-2H3,(H,28,36)/t25-/m1/s1. The van der Waals surface area contributed by atoms with Crippen LogP contribution in [0.2, 0.25) is 0 Å². The van der Waals surface area contributed by atoms with Crippen molar-refractivity contribution in [2.24, 2.45) is 0 Å². The lowest BCUT2D eigenvalue weighted by Crippen LogP contribution is -2.60. The molecule has 12 nitrogen and oxygen atoms in total. The second-order valence-electron chi connectivity index (χ2n) is 8.98. The van der Waals surface area contributed by atoms with E-state index in [-0.39, 0.29) is 72.5 Å². The van der Waals surface area contributed by atoms with Crippen LogP contribution in [0.4, 0.5) is 8.78 Å². The summed E-state index contributed by atoms with van der Waals surface area (Å²) in [5.74, 6) is -2.48. The van der Waals surface area contributed by atoms with Crippen molar-refractivity contribution in [3.05, 3.63) is 65.2 Å². The number of amides is 2. The van der Waals surface area contributed by atoms with E-state index in [4.69, 9.17) is 19.0 Å². The van der Waals surface area contributed by atoms with Crippen LogP contribution >= 0.6 is 0 Å². The van der Waals surface area contributed by atoms with E-state index in [1.807, 2.05) is 0 Å². The molecule has 14 heteroatoms. The first-order chi connectivity index (χ1) is 18.7. The molecule has 0 spiro atoms. The molecule has 1 aliphatic rings. The number of benzene rings is 2. The molecule has 39 heavy (non-hydrogen) atoms. The summed E-state index contributed by atoms with van der Waals surface area (Å²) in [6.45, 7) is 0.421. The lowest BCUT2D eigenvalue weighted by Gasteiger charge is -2.36. The zero-order chi connectivity index (χ0) is 27.7. The molecule has 0 bridgehead atoms. The van der Waals surface area contributed by atoms with Crippen LogP contribution in [0.5, 0.6) is 11.5 Å². The van der Waals surface area contributed by atoms with Gasteiger partial charge < -0.3 is 29.2 Å². The lowest BCUT2D eigenvalue weighted by atomic mass is 9.98. The minimum absolute atomic E-state index is 0.0105. The molecule has 1 atom stereocenters. The Morgan fingerprint density at radius 3 is 2.87 bits per heavy atom. The molecule has 4 aromatic rings. The SMILES string of the molecule is COc1cccc(F)c1CNC(=O)[C@@]1(C)COc2c(oc3ccc(F)cc23)C(=O)N1Cc1nnn(CCO)n1. The summed E-state index contributed by atoms with van der Waals surface area (Å²) in [7, 11) is 1.38. The first-order valence-electron chi connectivity index (χ1n) is 11.9. The number of methoxy groups -OCH3 is 1. The summed E-state index contributed by atoms with van der Waals surface area (Å²) in [6.07, 6.45) is 0. The third-order valence-corrected chi connectivity index (χ3v) is 6.44. The van der Waals surface area contributed by atoms with E-state index in [2.05, 4.69) is 20.7 Å². The molecule has 0 saturated carbocycles. The number of tetrazole rings is 1. The van der Waals surface area contributed by atoms with Gasteiger partial charge in [-0.2, -0.15) is 4.80 Å². The molecule has 0 saturated heterocycles. The minimum Gasteiger partial charge on any atom is -0.496 e. The van der Waals surface area contributed by atoms with Crippen LogP contribution < -0.4 is 14.8 Å². The van der Waals surface area contributed by atoms with Crippen molar-refractivity contribution >= 4 is 22.8 Å². The molecule has 2 aromatic heterocycles. The average Bonchev–Trinajstić information content (AvgIpc) is 3.50. The first-order valence-corrected chi connectivity index (χ1v) is 11.9.